The van der Waals surface area contributed by atoms with E-state index in [9.17, 15) is 0 Å². The summed E-state index contributed by atoms with van der Waals surface area (Å²) in [6.07, 6.45) is 1.94. The van der Waals surface area contributed by atoms with E-state index < -0.39 is 0 Å². The van der Waals surface area contributed by atoms with Crippen LogP contribution in [0.15, 0.2) is 48.5 Å². The van der Waals surface area contributed by atoms with Gasteiger partial charge in [0.2, 0.25) is 0 Å². The third-order valence-corrected chi connectivity index (χ3v) is 4.01. The Bertz CT molecular complexity index is 612. The zero-order valence-electron chi connectivity index (χ0n) is 12.5. The van der Waals surface area contributed by atoms with Gasteiger partial charge in [-0.1, -0.05) is 37.3 Å². The van der Waals surface area contributed by atoms with Crippen LogP contribution in [0.4, 0.5) is 11.4 Å². The van der Waals surface area contributed by atoms with Crippen molar-refractivity contribution in [1.29, 1.82) is 0 Å². The van der Waals surface area contributed by atoms with Crippen molar-refractivity contribution < 1.29 is 4.74 Å². The first kappa shape index (κ1) is 14.0. The van der Waals surface area contributed by atoms with Crippen molar-refractivity contribution in [1.82, 2.24) is 0 Å². The third kappa shape index (κ3) is 2.74. The summed E-state index contributed by atoms with van der Waals surface area (Å²) < 4.78 is 5.85. The maximum atomic E-state index is 6.30. The molecule has 3 heteroatoms. The highest BCUT2D eigenvalue weighted by atomic mass is 16.5. The number of para-hydroxylation sites is 3. The van der Waals surface area contributed by atoms with E-state index in [0.29, 0.717) is 0 Å². The lowest BCUT2D eigenvalue weighted by atomic mass is 10.0. The molecule has 2 N–H and O–H groups in total. The molecule has 110 valence electrons. The number of benzene rings is 2. The minimum Gasteiger partial charge on any atom is -0.491 e. The number of fused-ring (bicyclic) bond motifs is 1. The molecular formula is C18H22N2O. The van der Waals surface area contributed by atoms with Crippen LogP contribution in [-0.2, 0) is 0 Å². The predicted molar refractivity (Wildman–Crippen MR) is 87.2 cm³/mol. The van der Waals surface area contributed by atoms with Gasteiger partial charge < -0.3 is 15.4 Å². The highest BCUT2D eigenvalue weighted by molar-refractivity contribution is 5.72. The summed E-state index contributed by atoms with van der Waals surface area (Å²) in [5, 5.41) is 0. The molecule has 0 amide bonds. The lowest BCUT2D eigenvalue weighted by molar-refractivity contribution is 0.322. The van der Waals surface area contributed by atoms with Crippen molar-refractivity contribution in [2.45, 2.75) is 25.8 Å². The normalized spacial score (nSPS) is 15.8. The lowest BCUT2D eigenvalue weighted by Gasteiger charge is -2.28. The van der Waals surface area contributed by atoms with Crippen molar-refractivity contribution in [3.05, 3.63) is 54.1 Å². The Morgan fingerprint density at radius 2 is 1.81 bits per heavy atom. The molecule has 0 aliphatic carbocycles. The average Bonchev–Trinajstić information content (AvgIpc) is 2.76. The quantitative estimate of drug-likeness (QED) is 0.924. The molecule has 1 aliphatic heterocycles. The van der Waals surface area contributed by atoms with Gasteiger partial charge in [0.05, 0.1) is 12.3 Å². The first-order valence-electron chi connectivity index (χ1n) is 7.65. The summed E-state index contributed by atoms with van der Waals surface area (Å²) in [4.78, 5) is 2.34. The van der Waals surface area contributed by atoms with Crippen molar-refractivity contribution in [2.24, 2.45) is 5.73 Å². The largest absolute Gasteiger partial charge is 0.491 e. The summed E-state index contributed by atoms with van der Waals surface area (Å²) in [5.41, 5.74) is 9.84. The molecule has 3 nitrogen and oxygen atoms in total. The van der Waals surface area contributed by atoms with Crippen LogP contribution in [-0.4, -0.2) is 13.2 Å². The molecule has 0 radical (unpaired) electrons. The molecular weight excluding hydrogens is 260 g/mol. The molecule has 1 aliphatic rings. The van der Waals surface area contributed by atoms with Crippen molar-refractivity contribution in [3.8, 4) is 5.75 Å². The van der Waals surface area contributed by atoms with Crippen LogP contribution in [0.25, 0.3) is 0 Å². The summed E-state index contributed by atoms with van der Waals surface area (Å²) in [6, 6.07) is 16.7. The van der Waals surface area contributed by atoms with Gasteiger partial charge in [-0.25, -0.2) is 0 Å². The van der Waals surface area contributed by atoms with E-state index in [-0.39, 0.29) is 6.04 Å². The minimum atomic E-state index is 0.0672. The Morgan fingerprint density at radius 1 is 1.10 bits per heavy atom. The number of nitrogens with two attached hydrogens (primary N) is 1. The van der Waals surface area contributed by atoms with Crippen molar-refractivity contribution in [2.75, 3.05) is 18.1 Å². The second kappa shape index (κ2) is 6.19. The highest BCUT2D eigenvalue weighted by Crippen LogP contribution is 2.38. The summed E-state index contributed by atoms with van der Waals surface area (Å²) >= 11 is 0. The minimum absolute atomic E-state index is 0.0672. The molecule has 1 atom stereocenters. The van der Waals surface area contributed by atoms with Gasteiger partial charge in [-0.05, 0) is 36.6 Å². The summed E-state index contributed by atoms with van der Waals surface area (Å²) in [5.74, 6) is 0.954. The fourth-order valence-corrected chi connectivity index (χ4v) is 2.84. The predicted octanol–water partition coefficient (Wildman–Crippen LogP) is 4.02. The fourth-order valence-electron chi connectivity index (χ4n) is 2.84. The molecule has 21 heavy (non-hydrogen) atoms. The smallest absolute Gasteiger partial charge is 0.142 e. The van der Waals surface area contributed by atoms with E-state index in [0.717, 1.165) is 37.4 Å². The zero-order chi connectivity index (χ0) is 14.7. The Labute approximate surface area is 126 Å². The van der Waals surface area contributed by atoms with Crippen LogP contribution < -0.4 is 15.4 Å². The van der Waals surface area contributed by atoms with Crippen LogP contribution >= 0.6 is 0 Å². The molecule has 0 bridgehead atoms. The number of nitrogens with zero attached hydrogens (tertiary/aromatic N) is 1. The molecule has 1 heterocycles. The first-order chi connectivity index (χ1) is 10.3. The van der Waals surface area contributed by atoms with E-state index in [4.69, 9.17) is 10.5 Å². The maximum absolute atomic E-state index is 6.30. The maximum Gasteiger partial charge on any atom is 0.142 e. The van der Waals surface area contributed by atoms with Gasteiger partial charge in [0.25, 0.3) is 0 Å². The number of hydrogen-bond acceptors (Lipinski definition) is 3. The highest BCUT2D eigenvalue weighted by Gasteiger charge is 2.21. The van der Waals surface area contributed by atoms with Crippen LogP contribution in [0.5, 0.6) is 5.75 Å². The van der Waals surface area contributed by atoms with E-state index in [1.54, 1.807) is 0 Å². The van der Waals surface area contributed by atoms with E-state index in [1.807, 2.05) is 12.1 Å². The Hall–Kier alpha value is -2.00. The number of ether oxygens (including phenoxy) is 1. The molecule has 2 aromatic rings. The number of hydrogen-bond donors (Lipinski definition) is 1. The van der Waals surface area contributed by atoms with Gasteiger partial charge in [-0.15, -0.1) is 0 Å². The molecule has 0 saturated carbocycles. The Morgan fingerprint density at radius 3 is 2.62 bits per heavy atom. The average molecular weight is 282 g/mol. The summed E-state index contributed by atoms with van der Waals surface area (Å²) in [7, 11) is 0. The first-order valence-corrected chi connectivity index (χ1v) is 7.65. The van der Waals surface area contributed by atoms with Crippen molar-refractivity contribution in [3.63, 3.8) is 0 Å². The molecule has 3 rings (SSSR count). The van der Waals surface area contributed by atoms with Gasteiger partial charge in [0.15, 0.2) is 0 Å². The van der Waals surface area contributed by atoms with Crippen LogP contribution in [0.3, 0.4) is 0 Å². The molecule has 0 spiro atoms. The topological polar surface area (TPSA) is 38.5 Å². The van der Waals surface area contributed by atoms with Gasteiger partial charge >= 0.3 is 0 Å². The monoisotopic (exact) mass is 282 g/mol. The number of anilines is 2. The summed E-state index contributed by atoms with van der Waals surface area (Å²) in [6.45, 7) is 3.83. The molecule has 0 saturated heterocycles. The fraction of sp³-hybridized carbons (Fsp3) is 0.333. The van der Waals surface area contributed by atoms with E-state index in [2.05, 4.69) is 48.2 Å². The number of rotatable bonds is 3. The van der Waals surface area contributed by atoms with Gasteiger partial charge in [0.1, 0.15) is 5.75 Å². The second-order valence-electron chi connectivity index (χ2n) is 5.39. The zero-order valence-corrected chi connectivity index (χ0v) is 12.5. The molecule has 0 fully saturated rings. The van der Waals surface area contributed by atoms with Gasteiger partial charge in [-0.3, -0.25) is 0 Å². The standard InChI is InChI=1S/C18H22N2O/c1-2-15(19)14-8-3-4-9-16(14)20-12-7-13-21-18-11-6-5-10-17(18)20/h3-6,8-11,15H,2,7,12-13,19H2,1H3. The van der Waals surface area contributed by atoms with Crippen LogP contribution in [0.1, 0.15) is 31.4 Å². The van der Waals surface area contributed by atoms with E-state index >= 15 is 0 Å². The van der Waals surface area contributed by atoms with Crippen molar-refractivity contribution >= 4 is 11.4 Å². The molecule has 2 aromatic carbocycles. The SMILES string of the molecule is CCC(N)c1ccccc1N1CCCOc2ccccc21. The molecule has 1 unspecified atom stereocenters. The Balaban J connectivity index is 2.08. The van der Waals surface area contributed by atoms with Gasteiger partial charge in [0, 0.05) is 18.3 Å². The second-order valence-corrected chi connectivity index (χ2v) is 5.39. The Kier molecular flexibility index (Phi) is 4.11. The lowest BCUT2D eigenvalue weighted by Crippen LogP contribution is -2.21. The van der Waals surface area contributed by atoms with Crippen LogP contribution in [0, 0.1) is 0 Å². The van der Waals surface area contributed by atoms with Crippen LogP contribution in [0.2, 0.25) is 0 Å². The third-order valence-electron chi connectivity index (χ3n) is 4.01. The van der Waals surface area contributed by atoms with Gasteiger partial charge in [-0.2, -0.15) is 0 Å². The molecule has 0 aromatic heterocycles. The van der Waals surface area contributed by atoms with E-state index in [1.165, 1.54) is 11.3 Å².